The van der Waals surface area contributed by atoms with E-state index < -0.39 is 0 Å². The number of ether oxygens (including phenoxy) is 1. The van der Waals surface area contributed by atoms with Crippen molar-refractivity contribution in [2.75, 3.05) is 7.11 Å². The summed E-state index contributed by atoms with van der Waals surface area (Å²) in [5, 5.41) is 3.88. The Kier molecular flexibility index (Phi) is 4.45. The van der Waals surface area contributed by atoms with Crippen LogP contribution in [0.5, 0.6) is 5.75 Å². The molecule has 0 unspecified atom stereocenters. The van der Waals surface area contributed by atoms with Crippen molar-refractivity contribution in [2.24, 2.45) is 0 Å². The number of pyridine rings is 1. The minimum Gasteiger partial charge on any atom is -0.497 e. The molecule has 1 N–H and O–H groups in total. The predicted octanol–water partition coefficient (Wildman–Crippen LogP) is 4.44. The molecule has 4 nitrogen and oxygen atoms in total. The molecule has 128 valence electrons. The molecule has 0 aliphatic rings. The number of fused-ring (bicyclic) bond motifs is 1. The van der Waals surface area contributed by atoms with E-state index in [2.05, 4.69) is 5.32 Å². The molecule has 3 aromatic rings. The zero-order chi connectivity index (χ0) is 18.0. The van der Waals surface area contributed by atoms with E-state index in [9.17, 15) is 4.79 Å². The van der Waals surface area contributed by atoms with E-state index in [4.69, 9.17) is 9.72 Å². The first-order valence-corrected chi connectivity index (χ1v) is 8.24. The second-order valence-corrected chi connectivity index (χ2v) is 7.01. The summed E-state index contributed by atoms with van der Waals surface area (Å²) in [4.78, 5) is 17.5. The van der Waals surface area contributed by atoms with Crippen LogP contribution in [-0.2, 0) is 0 Å². The molecule has 0 saturated carbocycles. The molecule has 1 amide bonds. The molecule has 0 saturated heterocycles. The van der Waals surface area contributed by atoms with Gasteiger partial charge < -0.3 is 10.1 Å². The number of amides is 1. The molecule has 3 rings (SSSR count). The van der Waals surface area contributed by atoms with Crippen molar-refractivity contribution in [3.8, 4) is 17.0 Å². The first-order chi connectivity index (χ1) is 11.9. The number of carbonyl (C=O) groups excluding carboxylic acids is 1. The molecule has 4 heteroatoms. The van der Waals surface area contributed by atoms with Crippen molar-refractivity contribution in [1.29, 1.82) is 0 Å². The van der Waals surface area contributed by atoms with Gasteiger partial charge in [0.2, 0.25) is 0 Å². The average Bonchev–Trinajstić information content (AvgIpc) is 2.59. The minimum atomic E-state index is -0.308. The van der Waals surface area contributed by atoms with Gasteiger partial charge in [0.15, 0.2) is 0 Å². The Bertz CT molecular complexity index is 927. The van der Waals surface area contributed by atoms with Crippen molar-refractivity contribution in [2.45, 2.75) is 26.3 Å². The van der Waals surface area contributed by atoms with Gasteiger partial charge in [-0.2, -0.15) is 0 Å². The summed E-state index contributed by atoms with van der Waals surface area (Å²) in [5.41, 5.74) is 2.77. The third kappa shape index (κ3) is 3.79. The largest absolute Gasteiger partial charge is 0.497 e. The maximum atomic E-state index is 12.8. The molecule has 0 fully saturated rings. The van der Waals surface area contributed by atoms with Crippen LogP contribution in [0, 0.1) is 0 Å². The number of aromatic nitrogens is 1. The van der Waals surface area contributed by atoms with Gasteiger partial charge in [-0.25, -0.2) is 4.98 Å². The fourth-order valence-corrected chi connectivity index (χ4v) is 2.70. The zero-order valence-electron chi connectivity index (χ0n) is 15.0. The van der Waals surface area contributed by atoms with Crippen LogP contribution in [0.25, 0.3) is 22.2 Å². The van der Waals surface area contributed by atoms with Crippen molar-refractivity contribution in [3.63, 3.8) is 0 Å². The van der Waals surface area contributed by atoms with Crippen molar-refractivity contribution < 1.29 is 9.53 Å². The Morgan fingerprint density at radius 1 is 1.04 bits per heavy atom. The summed E-state index contributed by atoms with van der Waals surface area (Å²) in [5.74, 6) is 0.656. The zero-order valence-corrected chi connectivity index (χ0v) is 15.0. The topological polar surface area (TPSA) is 51.2 Å². The average molecular weight is 334 g/mol. The van der Waals surface area contributed by atoms with Gasteiger partial charge >= 0.3 is 0 Å². The minimum absolute atomic E-state index is 0.102. The molecule has 25 heavy (non-hydrogen) atoms. The van der Waals surface area contributed by atoms with Crippen molar-refractivity contribution in [3.05, 3.63) is 60.2 Å². The highest BCUT2D eigenvalue weighted by Gasteiger charge is 2.19. The quantitative estimate of drug-likeness (QED) is 0.770. The van der Waals surface area contributed by atoms with Gasteiger partial charge in [-0.3, -0.25) is 4.79 Å². The number of para-hydroxylation sites is 1. The van der Waals surface area contributed by atoms with E-state index in [1.165, 1.54) is 0 Å². The molecular weight excluding hydrogens is 312 g/mol. The predicted molar refractivity (Wildman–Crippen MR) is 101 cm³/mol. The Morgan fingerprint density at radius 2 is 1.80 bits per heavy atom. The van der Waals surface area contributed by atoms with Crippen LogP contribution in [-0.4, -0.2) is 23.5 Å². The summed E-state index contributed by atoms with van der Waals surface area (Å²) in [6.45, 7) is 5.91. The molecule has 0 aliphatic carbocycles. The first kappa shape index (κ1) is 17.0. The van der Waals surface area contributed by atoms with Gasteiger partial charge in [0, 0.05) is 16.5 Å². The smallest absolute Gasteiger partial charge is 0.252 e. The summed E-state index contributed by atoms with van der Waals surface area (Å²) < 4.78 is 5.30. The summed E-state index contributed by atoms with van der Waals surface area (Å²) in [6.07, 6.45) is 0. The molecular formula is C21H22N2O2. The van der Waals surface area contributed by atoms with E-state index in [1.54, 1.807) is 7.11 Å². The third-order valence-electron chi connectivity index (χ3n) is 3.81. The Labute approximate surface area is 147 Å². The van der Waals surface area contributed by atoms with Gasteiger partial charge in [0.1, 0.15) is 5.75 Å². The number of rotatable bonds is 3. The molecule has 0 aliphatic heterocycles. The molecule has 0 atom stereocenters. The number of carbonyl (C=O) groups is 1. The maximum absolute atomic E-state index is 12.8. The van der Waals surface area contributed by atoms with E-state index >= 15 is 0 Å². The normalized spacial score (nSPS) is 11.4. The van der Waals surface area contributed by atoms with Gasteiger partial charge in [0.05, 0.1) is 23.9 Å². The highest BCUT2D eigenvalue weighted by molar-refractivity contribution is 6.07. The van der Waals surface area contributed by atoms with E-state index in [1.807, 2.05) is 75.4 Å². The van der Waals surface area contributed by atoms with Crippen LogP contribution < -0.4 is 10.1 Å². The van der Waals surface area contributed by atoms with Gasteiger partial charge in [-0.15, -0.1) is 0 Å². The third-order valence-corrected chi connectivity index (χ3v) is 3.81. The van der Waals surface area contributed by atoms with E-state index in [0.717, 1.165) is 27.9 Å². The van der Waals surface area contributed by atoms with Crippen molar-refractivity contribution in [1.82, 2.24) is 10.3 Å². The summed E-state index contributed by atoms with van der Waals surface area (Å²) >= 11 is 0. The standard InChI is InChI=1S/C21H22N2O2/c1-21(2,3)23-20(24)17-13-19(14-8-7-9-15(12-14)25-4)22-18-11-6-5-10-16(17)18/h5-13H,1-4H3,(H,23,24). The number of benzene rings is 2. The summed E-state index contributed by atoms with van der Waals surface area (Å²) in [7, 11) is 1.63. The van der Waals surface area contributed by atoms with Crippen LogP contribution in [0.3, 0.4) is 0 Å². The lowest BCUT2D eigenvalue weighted by molar-refractivity contribution is 0.0921. The lowest BCUT2D eigenvalue weighted by Gasteiger charge is -2.21. The number of hydrogen-bond donors (Lipinski definition) is 1. The number of nitrogens with zero attached hydrogens (tertiary/aromatic N) is 1. The maximum Gasteiger partial charge on any atom is 0.252 e. The van der Waals surface area contributed by atoms with Crippen LogP contribution in [0.2, 0.25) is 0 Å². The van der Waals surface area contributed by atoms with Crippen LogP contribution in [0.4, 0.5) is 0 Å². The first-order valence-electron chi connectivity index (χ1n) is 8.24. The molecule has 0 spiro atoms. The van der Waals surface area contributed by atoms with Crippen LogP contribution in [0.1, 0.15) is 31.1 Å². The van der Waals surface area contributed by atoms with Gasteiger partial charge in [0.25, 0.3) is 5.91 Å². The second-order valence-electron chi connectivity index (χ2n) is 7.01. The Hall–Kier alpha value is -2.88. The SMILES string of the molecule is COc1cccc(-c2cc(C(=O)NC(C)(C)C)c3ccccc3n2)c1. The highest BCUT2D eigenvalue weighted by Crippen LogP contribution is 2.27. The molecule has 1 heterocycles. The number of nitrogens with one attached hydrogen (secondary N) is 1. The number of hydrogen-bond acceptors (Lipinski definition) is 3. The Morgan fingerprint density at radius 3 is 2.52 bits per heavy atom. The van der Waals surface area contributed by atoms with Gasteiger partial charge in [-0.1, -0.05) is 30.3 Å². The van der Waals surface area contributed by atoms with E-state index in [0.29, 0.717) is 5.56 Å². The number of methoxy groups -OCH3 is 1. The lowest BCUT2D eigenvalue weighted by Crippen LogP contribution is -2.40. The van der Waals surface area contributed by atoms with Gasteiger partial charge in [-0.05, 0) is 45.0 Å². The molecule has 1 aromatic heterocycles. The Balaban J connectivity index is 2.16. The highest BCUT2D eigenvalue weighted by atomic mass is 16.5. The van der Waals surface area contributed by atoms with E-state index in [-0.39, 0.29) is 11.4 Å². The molecule has 0 radical (unpaired) electrons. The van der Waals surface area contributed by atoms with Crippen molar-refractivity contribution >= 4 is 16.8 Å². The second kappa shape index (κ2) is 6.55. The fourth-order valence-electron chi connectivity index (χ4n) is 2.70. The lowest BCUT2D eigenvalue weighted by atomic mass is 10.0. The molecule has 2 aromatic carbocycles. The van der Waals surface area contributed by atoms with Crippen LogP contribution >= 0.6 is 0 Å². The monoisotopic (exact) mass is 334 g/mol. The fraction of sp³-hybridized carbons (Fsp3) is 0.238. The summed E-state index contributed by atoms with van der Waals surface area (Å²) in [6, 6.07) is 17.2. The van der Waals surface area contributed by atoms with Crippen LogP contribution in [0.15, 0.2) is 54.6 Å². The molecule has 0 bridgehead atoms.